The number of carbonyl (C=O) groups is 1. The highest BCUT2D eigenvalue weighted by Crippen LogP contribution is 2.03. The van der Waals surface area contributed by atoms with Gasteiger partial charge in [0.15, 0.2) is 0 Å². The molecule has 0 saturated heterocycles. The van der Waals surface area contributed by atoms with Gasteiger partial charge in [-0.3, -0.25) is 4.79 Å². The molecule has 1 aromatic carbocycles. The molecule has 0 aromatic heterocycles. The number of hydrogen-bond acceptors (Lipinski definition) is 2. The van der Waals surface area contributed by atoms with Gasteiger partial charge < -0.3 is 10.1 Å². The summed E-state index contributed by atoms with van der Waals surface area (Å²) >= 11 is 0. The lowest BCUT2D eigenvalue weighted by Crippen LogP contribution is -2.24. The highest BCUT2D eigenvalue weighted by atomic mass is 16.5. The van der Waals surface area contributed by atoms with Crippen LogP contribution in [0.15, 0.2) is 24.3 Å². The van der Waals surface area contributed by atoms with E-state index in [0.717, 1.165) is 11.1 Å². The SMILES string of the molecule is [CH2]c1ccc(COCCNC(C)=O)cc1. The van der Waals surface area contributed by atoms with Gasteiger partial charge in [0.05, 0.1) is 13.2 Å². The normalized spacial score (nSPS) is 10.0. The maximum Gasteiger partial charge on any atom is 0.216 e. The van der Waals surface area contributed by atoms with E-state index in [0.29, 0.717) is 19.8 Å². The van der Waals surface area contributed by atoms with E-state index < -0.39 is 0 Å². The molecule has 1 N–H and O–H groups in total. The molecule has 1 rings (SSSR count). The van der Waals surface area contributed by atoms with Crippen molar-refractivity contribution < 1.29 is 9.53 Å². The summed E-state index contributed by atoms with van der Waals surface area (Å²) in [7, 11) is 0. The van der Waals surface area contributed by atoms with Crippen molar-refractivity contribution >= 4 is 5.91 Å². The summed E-state index contributed by atoms with van der Waals surface area (Å²) < 4.78 is 5.37. The largest absolute Gasteiger partial charge is 0.375 e. The third kappa shape index (κ3) is 5.18. The molecule has 3 heteroatoms. The Hall–Kier alpha value is -1.35. The Morgan fingerprint density at radius 1 is 1.40 bits per heavy atom. The molecule has 0 aliphatic rings. The molecule has 0 bridgehead atoms. The molecule has 1 radical (unpaired) electrons. The Kier molecular flexibility index (Phi) is 4.84. The molecular weight excluding hydrogens is 190 g/mol. The lowest BCUT2D eigenvalue weighted by Gasteiger charge is -2.05. The average molecular weight is 206 g/mol. The van der Waals surface area contributed by atoms with Gasteiger partial charge in [-0.05, 0) is 18.1 Å². The molecule has 0 unspecified atom stereocenters. The second-order valence-electron chi connectivity index (χ2n) is 3.35. The third-order valence-corrected chi connectivity index (χ3v) is 1.91. The molecule has 15 heavy (non-hydrogen) atoms. The van der Waals surface area contributed by atoms with Gasteiger partial charge in [0.25, 0.3) is 0 Å². The summed E-state index contributed by atoms with van der Waals surface area (Å²) in [4.78, 5) is 10.5. The van der Waals surface area contributed by atoms with Crippen molar-refractivity contribution in [2.24, 2.45) is 0 Å². The van der Waals surface area contributed by atoms with Crippen molar-refractivity contribution in [3.05, 3.63) is 42.3 Å². The van der Waals surface area contributed by atoms with Gasteiger partial charge >= 0.3 is 0 Å². The first-order chi connectivity index (χ1) is 7.18. The van der Waals surface area contributed by atoms with Crippen molar-refractivity contribution in [3.63, 3.8) is 0 Å². The van der Waals surface area contributed by atoms with E-state index in [2.05, 4.69) is 12.2 Å². The smallest absolute Gasteiger partial charge is 0.216 e. The van der Waals surface area contributed by atoms with Gasteiger partial charge in [-0.25, -0.2) is 0 Å². The van der Waals surface area contributed by atoms with Crippen LogP contribution in [0, 0.1) is 6.92 Å². The molecule has 81 valence electrons. The first kappa shape index (κ1) is 11.7. The molecule has 0 aliphatic carbocycles. The van der Waals surface area contributed by atoms with Crippen LogP contribution in [0.1, 0.15) is 18.1 Å². The lowest BCUT2D eigenvalue weighted by atomic mass is 10.2. The first-order valence-corrected chi connectivity index (χ1v) is 4.91. The molecule has 1 amide bonds. The number of ether oxygens (including phenoxy) is 1. The zero-order chi connectivity index (χ0) is 11.1. The maximum absolute atomic E-state index is 10.5. The van der Waals surface area contributed by atoms with Crippen LogP contribution in [0.4, 0.5) is 0 Å². The van der Waals surface area contributed by atoms with E-state index in [9.17, 15) is 4.79 Å². The Morgan fingerprint density at radius 2 is 2.07 bits per heavy atom. The number of amides is 1. The summed E-state index contributed by atoms with van der Waals surface area (Å²) in [5.74, 6) is -0.0278. The molecule has 0 spiro atoms. The minimum Gasteiger partial charge on any atom is -0.375 e. The number of rotatable bonds is 5. The van der Waals surface area contributed by atoms with E-state index >= 15 is 0 Å². The molecule has 0 aliphatic heterocycles. The van der Waals surface area contributed by atoms with Crippen LogP contribution in [0.5, 0.6) is 0 Å². The molecule has 0 fully saturated rings. The maximum atomic E-state index is 10.5. The third-order valence-electron chi connectivity index (χ3n) is 1.91. The molecule has 0 saturated carbocycles. The van der Waals surface area contributed by atoms with Gasteiger partial charge in [0.2, 0.25) is 5.91 Å². The van der Waals surface area contributed by atoms with Crippen molar-refractivity contribution in [1.29, 1.82) is 0 Å². The van der Waals surface area contributed by atoms with Crippen molar-refractivity contribution in [3.8, 4) is 0 Å². The zero-order valence-electron chi connectivity index (χ0n) is 8.95. The fourth-order valence-corrected chi connectivity index (χ4v) is 1.12. The first-order valence-electron chi connectivity index (χ1n) is 4.91. The highest BCUT2D eigenvalue weighted by Gasteiger charge is 1.93. The van der Waals surface area contributed by atoms with Crippen LogP contribution < -0.4 is 5.32 Å². The van der Waals surface area contributed by atoms with Gasteiger partial charge in [-0.1, -0.05) is 24.3 Å². The average Bonchev–Trinajstić information content (AvgIpc) is 2.20. The number of hydrogen-bond donors (Lipinski definition) is 1. The second kappa shape index (κ2) is 6.19. The monoisotopic (exact) mass is 206 g/mol. The van der Waals surface area contributed by atoms with Crippen molar-refractivity contribution in [1.82, 2.24) is 5.32 Å². The van der Waals surface area contributed by atoms with Gasteiger partial charge in [0.1, 0.15) is 0 Å². The van der Waals surface area contributed by atoms with Gasteiger partial charge in [0, 0.05) is 13.5 Å². The number of benzene rings is 1. The summed E-state index contributed by atoms with van der Waals surface area (Å²) in [5, 5.41) is 2.67. The Balaban J connectivity index is 2.15. The molecular formula is C12H16NO2. The second-order valence-corrected chi connectivity index (χ2v) is 3.35. The van der Waals surface area contributed by atoms with E-state index in [1.54, 1.807) is 0 Å². The van der Waals surface area contributed by atoms with Gasteiger partial charge in [-0.2, -0.15) is 0 Å². The number of carbonyl (C=O) groups excluding carboxylic acids is 1. The standard InChI is InChI=1S/C12H16NO2/c1-10-3-5-12(6-4-10)9-15-8-7-13-11(2)14/h3-6H,1,7-9H2,2H3,(H,13,14). The highest BCUT2D eigenvalue weighted by molar-refractivity contribution is 5.72. The fraction of sp³-hybridized carbons (Fsp3) is 0.333. The van der Waals surface area contributed by atoms with Crippen LogP contribution in [-0.4, -0.2) is 19.1 Å². The van der Waals surface area contributed by atoms with Crippen LogP contribution in [0.2, 0.25) is 0 Å². The molecule has 1 aromatic rings. The summed E-state index contributed by atoms with van der Waals surface area (Å²) in [6.45, 7) is 6.96. The number of nitrogens with one attached hydrogen (secondary N) is 1. The van der Waals surface area contributed by atoms with Crippen molar-refractivity contribution in [2.45, 2.75) is 13.5 Å². The fourth-order valence-electron chi connectivity index (χ4n) is 1.12. The molecule has 3 nitrogen and oxygen atoms in total. The summed E-state index contributed by atoms with van der Waals surface area (Å²) in [5.41, 5.74) is 2.11. The zero-order valence-corrected chi connectivity index (χ0v) is 8.95. The van der Waals surface area contributed by atoms with E-state index in [-0.39, 0.29) is 5.91 Å². The Morgan fingerprint density at radius 3 is 2.67 bits per heavy atom. The van der Waals surface area contributed by atoms with E-state index in [1.807, 2.05) is 24.3 Å². The van der Waals surface area contributed by atoms with E-state index in [4.69, 9.17) is 4.74 Å². The topological polar surface area (TPSA) is 38.3 Å². The van der Waals surface area contributed by atoms with Crippen LogP contribution in [0.25, 0.3) is 0 Å². The predicted octanol–water partition coefficient (Wildman–Crippen LogP) is 1.52. The van der Waals surface area contributed by atoms with Crippen LogP contribution in [0.3, 0.4) is 0 Å². The molecule has 0 heterocycles. The predicted molar refractivity (Wildman–Crippen MR) is 59.2 cm³/mol. The minimum atomic E-state index is -0.0278. The minimum absolute atomic E-state index is 0.0278. The summed E-state index contributed by atoms with van der Waals surface area (Å²) in [6.07, 6.45) is 0. The molecule has 0 atom stereocenters. The Labute approximate surface area is 90.4 Å². The van der Waals surface area contributed by atoms with E-state index in [1.165, 1.54) is 6.92 Å². The lowest BCUT2D eigenvalue weighted by molar-refractivity contribution is -0.119. The summed E-state index contributed by atoms with van der Waals surface area (Å²) in [6, 6.07) is 7.88. The quantitative estimate of drug-likeness (QED) is 0.742. The van der Waals surface area contributed by atoms with Crippen molar-refractivity contribution in [2.75, 3.05) is 13.2 Å². The van der Waals surface area contributed by atoms with Crippen LogP contribution in [-0.2, 0) is 16.1 Å². The van der Waals surface area contributed by atoms with Crippen LogP contribution >= 0.6 is 0 Å². The Bertz CT molecular complexity index is 306. The van der Waals surface area contributed by atoms with Gasteiger partial charge in [-0.15, -0.1) is 0 Å².